The summed E-state index contributed by atoms with van der Waals surface area (Å²) in [5, 5.41) is 6.84. The molecule has 0 saturated heterocycles. The highest BCUT2D eigenvalue weighted by atomic mass is 16.5. The van der Waals surface area contributed by atoms with Gasteiger partial charge in [-0.15, -0.1) is 0 Å². The smallest absolute Gasteiger partial charge is 0.342 e. The second-order valence-electron chi connectivity index (χ2n) is 5.75. The second-order valence-corrected chi connectivity index (χ2v) is 5.75. The number of carbonyl (C=O) groups excluding carboxylic acids is 2. The summed E-state index contributed by atoms with van der Waals surface area (Å²) in [7, 11) is 1.51. The van der Waals surface area contributed by atoms with Crippen molar-refractivity contribution >= 4 is 17.6 Å². The van der Waals surface area contributed by atoms with Crippen LogP contribution in [0, 0.1) is 0 Å². The Morgan fingerprint density at radius 2 is 1.78 bits per heavy atom. The van der Waals surface area contributed by atoms with E-state index in [1.807, 2.05) is 30.3 Å². The van der Waals surface area contributed by atoms with E-state index in [1.165, 1.54) is 20.2 Å². The van der Waals surface area contributed by atoms with Gasteiger partial charge in [-0.05, 0) is 31.2 Å². The number of esters is 1. The third kappa shape index (κ3) is 4.33. The zero-order chi connectivity index (χ0) is 19.2. The Morgan fingerprint density at radius 1 is 1.07 bits per heavy atom. The van der Waals surface area contributed by atoms with E-state index in [-0.39, 0.29) is 5.56 Å². The number of para-hydroxylation sites is 3. The van der Waals surface area contributed by atoms with Gasteiger partial charge < -0.3 is 14.8 Å². The van der Waals surface area contributed by atoms with Crippen LogP contribution >= 0.6 is 0 Å². The first-order valence-corrected chi connectivity index (χ1v) is 8.33. The summed E-state index contributed by atoms with van der Waals surface area (Å²) in [5.41, 5.74) is 1.58. The van der Waals surface area contributed by atoms with E-state index in [1.54, 1.807) is 35.1 Å². The Bertz CT molecular complexity index is 937. The molecule has 1 atom stereocenters. The van der Waals surface area contributed by atoms with Crippen LogP contribution in [0.5, 0.6) is 5.75 Å². The van der Waals surface area contributed by atoms with Gasteiger partial charge in [0.05, 0.1) is 30.2 Å². The Morgan fingerprint density at radius 3 is 2.52 bits per heavy atom. The number of aromatic nitrogens is 2. The first-order valence-electron chi connectivity index (χ1n) is 8.33. The van der Waals surface area contributed by atoms with Crippen LogP contribution in [0.3, 0.4) is 0 Å². The second kappa shape index (κ2) is 8.18. The number of rotatable bonds is 6. The monoisotopic (exact) mass is 365 g/mol. The van der Waals surface area contributed by atoms with Gasteiger partial charge in [-0.2, -0.15) is 5.10 Å². The minimum absolute atomic E-state index is 0.260. The van der Waals surface area contributed by atoms with Gasteiger partial charge >= 0.3 is 5.97 Å². The summed E-state index contributed by atoms with van der Waals surface area (Å²) in [6, 6.07) is 16.4. The summed E-state index contributed by atoms with van der Waals surface area (Å²) >= 11 is 0. The lowest BCUT2D eigenvalue weighted by Gasteiger charge is -2.14. The fourth-order valence-electron chi connectivity index (χ4n) is 2.41. The Kier molecular flexibility index (Phi) is 5.51. The molecule has 3 aromatic rings. The van der Waals surface area contributed by atoms with E-state index in [4.69, 9.17) is 9.47 Å². The summed E-state index contributed by atoms with van der Waals surface area (Å²) in [6.45, 7) is 1.50. The van der Waals surface area contributed by atoms with E-state index in [0.717, 1.165) is 5.69 Å². The lowest BCUT2D eigenvalue weighted by molar-refractivity contribution is -0.123. The van der Waals surface area contributed by atoms with Crippen molar-refractivity contribution in [1.29, 1.82) is 0 Å². The quantitative estimate of drug-likeness (QED) is 0.679. The zero-order valence-corrected chi connectivity index (χ0v) is 15.0. The first kappa shape index (κ1) is 18.2. The maximum absolute atomic E-state index is 12.3. The maximum atomic E-state index is 12.3. The van der Waals surface area contributed by atoms with Crippen molar-refractivity contribution in [3.05, 3.63) is 72.6 Å². The predicted octanol–water partition coefficient (Wildman–Crippen LogP) is 3.06. The number of methoxy groups -OCH3 is 1. The van der Waals surface area contributed by atoms with E-state index < -0.39 is 18.0 Å². The van der Waals surface area contributed by atoms with Crippen LogP contribution in [-0.2, 0) is 9.53 Å². The molecule has 27 heavy (non-hydrogen) atoms. The van der Waals surface area contributed by atoms with Gasteiger partial charge in [0.25, 0.3) is 5.91 Å². The van der Waals surface area contributed by atoms with Crippen molar-refractivity contribution in [2.24, 2.45) is 0 Å². The fourth-order valence-corrected chi connectivity index (χ4v) is 2.41. The van der Waals surface area contributed by atoms with E-state index in [2.05, 4.69) is 10.4 Å². The number of nitrogens with zero attached hydrogens (tertiary/aromatic N) is 2. The van der Waals surface area contributed by atoms with Gasteiger partial charge in [-0.3, -0.25) is 4.79 Å². The van der Waals surface area contributed by atoms with Crippen LogP contribution in [0.1, 0.15) is 17.3 Å². The number of nitrogens with one attached hydrogen (secondary N) is 1. The number of benzene rings is 2. The molecule has 2 aromatic carbocycles. The van der Waals surface area contributed by atoms with Crippen molar-refractivity contribution in [3.63, 3.8) is 0 Å². The molecular formula is C20H19N3O4. The number of carbonyl (C=O) groups is 2. The van der Waals surface area contributed by atoms with Crippen molar-refractivity contribution < 1.29 is 19.1 Å². The highest BCUT2D eigenvalue weighted by molar-refractivity contribution is 5.98. The number of anilines is 1. The van der Waals surface area contributed by atoms with Gasteiger partial charge in [0.2, 0.25) is 0 Å². The molecule has 1 aromatic heterocycles. The van der Waals surface area contributed by atoms with Crippen molar-refractivity contribution in [3.8, 4) is 11.4 Å². The van der Waals surface area contributed by atoms with Crippen molar-refractivity contribution in [1.82, 2.24) is 9.78 Å². The number of hydrogen-bond acceptors (Lipinski definition) is 5. The largest absolute Gasteiger partial charge is 0.495 e. The molecule has 0 aliphatic heterocycles. The molecule has 1 heterocycles. The van der Waals surface area contributed by atoms with Gasteiger partial charge in [-0.1, -0.05) is 30.3 Å². The molecule has 0 radical (unpaired) electrons. The highest BCUT2D eigenvalue weighted by Gasteiger charge is 2.21. The topological polar surface area (TPSA) is 82.4 Å². The molecule has 7 nitrogen and oxygen atoms in total. The molecule has 3 rings (SSSR count). The molecule has 1 amide bonds. The highest BCUT2D eigenvalue weighted by Crippen LogP contribution is 2.23. The van der Waals surface area contributed by atoms with E-state index in [0.29, 0.717) is 11.4 Å². The number of hydrogen-bond donors (Lipinski definition) is 1. The first-order chi connectivity index (χ1) is 13.1. The third-order valence-corrected chi connectivity index (χ3v) is 3.86. The summed E-state index contributed by atoms with van der Waals surface area (Å²) in [6.07, 6.45) is 1.98. The van der Waals surface area contributed by atoms with Crippen LogP contribution in [-0.4, -0.2) is 34.9 Å². The standard InChI is InChI=1S/C20H19N3O4/c1-14(19(24)22-17-10-6-7-11-18(17)26-2)27-20(25)15-12-21-23(13-15)16-8-4-3-5-9-16/h3-14H,1-2H3,(H,22,24). The van der Waals surface area contributed by atoms with Gasteiger partial charge in [-0.25, -0.2) is 9.48 Å². The third-order valence-electron chi connectivity index (χ3n) is 3.86. The Hall–Kier alpha value is -3.61. The number of ether oxygens (including phenoxy) is 2. The summed E-state index contributed by atoms with van der Waals surface area (Å²) in [5.74, 6) is -0.559. The molecule has 0 spiro atoms. The molecule has 0 saturated carbocycles. The van der Waals surface area contributed by atoms with Gasteiger partial charge in [0.15, 0.2) is 6.10 Å². The molecule has 0 fully saturated rings. The van der Waals surface area contributed by atoms with Crippen LogP contribution < -0.4 is 10.1 Å². The van der Waals surface area contributed by atoms with Crippen LogP contribution in [0.15, 0.2) is 67.0 Å². The molecule has 1 unspecified atom stereocenters. The van der Waals surface area contributed by atoms with Gasteiger partial charge in [0.1, 0.15) is 5.75 Å². The predicted molar refractivity (Wildman–Crippen MR) is 100 cm³/mol. The Balaban J connectivity index is 1.63. The van der Waals surface area contributed by atoms with E-state index >= 15 is 0 Å². The molecular weight excluding hydrogens is 346 g/mol. The van der Waals surface area contributed by atoms with Gasteiger partial charge in [0, 0.05) is 6.20 Å². The molecule has 0 bridgehead atoms. The SMILES string of the molecule is COc1ccccc1NC(=O)C(C)OC(=O)c1cnn(-c2ccccc2)c1. The lowest BCUT2D eigenvalue weighted by Crippen LogP contribution is -2.30. The average molecular weight is 365 g/mol. The van der Waals surface area contributed by atoms with Crippen molar-refractivity contribution in [2.45, 2.75) is 13.0 Å². The maximum Gasteiger partial charge on any atom is 0.342 e. The fraction of sp³-hybridized carbons (Fsp3) is 0.150. The number of amides is 1. The van der Waals surface area contributed by atoms with Crippen molar-refractivity contribution in [2.75, 3.05) is 12.4 Å². The molecule has 7 heteroatoms. The molecule has 0 aliphatic rings. The molecule has 1 N–H and O–H groups in total. The normalized spacial score (nSPS) is 11.5. The minimum atomic E-state index is -0.984. The molecule has 0 aliphatic carbocycles. The molecule has 138 valence electrons. The summed E-state index contributed by atoms with van der Waals surface area (Å²) < 4.78 is 12.0. The van der Waals surface area contributed by atoms with E-state index in [9.17, 15) is 9.59 Å². The minimum Gasteiger partial charge on any atom is -0.495 e. The Labute approximate surface area is 156 Å². The lowest BCUT2D eigenvalue weighted by atomic mass is 10.2. The van der Waals surface area contributed by atoms with Crippen LogP contribution in [0.2, 0.25) is 0 Å². The average Bonchev–Trinajstić information content (AvgIpc) is 3.19. The van der Waals surface area contributed by atoms with Crippen LogP contribution in [0.4, 0.5) is 5.69 Å². The van der Waals surface area contributed by atoms with Crippen LogP contribution in [0.25, 0.3) is 5.69 Å². The zero-order valence-electron chi connectivity index (χ0n) is 15.0. The summed E-state index contributed by atoms with van der Waals surface area (Å²) in [4.78, 5) is 24.6.